The second-order valence-corrected chi connectivity index (χ2v) is 4.41. The number of ether oxygens (including phenoxy) is 1. The molecule has 1 aromatic rings. The first-order valence-electron chi connectivity index (χ1n) is 6.46. The molecular weight excluding hydrogens is 246 g/mol. The quantitative estimate of drug-likeness (QED) is 0.411. The number of carbonyl (C=O) groups excluding carboxylic acids is 1. The topological polar surface area (TPSA) is 69.4 Å². The highest BCUT2D eigenvalue weighted by molar-refractivity contribution is 5.69. The van der Waals surface area contributed by atoms with Crippen LogP contribution in [0.25, 0.3) is 0 Å². The van der Waals surface area contributed by atoms with Crippen molar-refractivity contribution < 1.29 is 14.5 Å². The van der Waals surface area contributed by atoms with Crippen LogP contribution in [0.15, 0.2) is 30.3 Å². The van der Waals surface area contributed by atoms with Gasteiger partial charge in [-0.1, -0.05) is 37.3 Å². The molecule has 0 saturated heterocycles. The van der Waals surface area contributed by atoms with Crippen molar-refractivity contribution in [3.8, 4) is 0 Å². The van der Waals surface area contributed by atoms with Crippen LogP contribution in [0, 0.1) is 10.1 Å². The molecule has 1 atom stereocenters. The van der Waals surface area contributed by atoms with Crippen molar-refractivity contribution in [2.45, 2.75) is 45.3 Å². The molecule has 19 heavy (non-hydrogen) atoms. The molecule has 1 unspecified atom stereocenters. The number of rotatable bonds is 8. The summed E-state index contributed by atoms with van der Waals surface area (Å²) in [6.07, 6.45) is 1.58. The highest BCUT2D eigenvalue weighted by Crippen LogP contribution is 2.10. The highest BCUT2D eigenvalue weighted by Gasteiger charge is 2.20. The molecule has 0 aromatic heterocycles. The molecule has 0 radical (unpaired) electrons. The third kappa shape index (κ3) is 5.99. The summed E-state index contributed by atoms with van der Waals surface area (Å²) >= 11 is 0. The maximum Gasteiger partial charge on any atom is 0.306 e. The van der Waals surface area contributed by atoms with E-state index in [1.54, 1.807) is 0 Å². The molecule has 0 amide bonds. The van der Waals surface area contributed by atoms with Gasteiger partial charge >= 0.3 is 5.97 Å². The Morgan fingerprint density at radius 1 is 1.32 bits per heavy atom. The van der Waals surface area contributed by atoms with E-state index < -0.39 is 6.04 Å². The summed E-state index contributed by atoms with van der Waals surface area (Å²) in [4.78, 5) is 21.9. The van der Waals surface area contributed by atoms with Crippen LogP contribution in [0.2, 0.25) is 0 Å². The third-order valence-corrected chi connectivity index (χ3v) is 2.84. The zero-order valence-corrected chi connectivity index (χ0v) is 11.1. The molecule has 0 N–H and O–H groups in total. The van der Waals surface area contributed by atoms with Crippen LogP contribution in [-0.2, 0) is 16.1 Å². The van der Waals surface area contributed by atoms with Gasteiger partial charge in [0.1, 0.15) is 6.61 Å². The minimum atomic E-state index is -0.644. The molecule has 1 rings (SSSR count). The molecule has 0 aliphatic rings. The number of esters is 1. The Bertz CT molecular complexity index is 405. The van der Waals surface area contributed by atoms with Gasteiger partial charge in [-0.3, -0.25) is 14.9 Å². The van der Waals surface area contributed by atoms with Gasteiger partial charge in [0.25, 0.3) is 0 Å². The Labute approximate surface area is 112 Å². The number of hydrogen-bond acceptors (Lipinski definition) is 4. The van der Waals surface area contributed by atoms with Crippen molar-refractivity contribution in [3.63, 3.8) is 0 Å². The standard InChI is InChI=1S/C14H19NO4/c1-2-6-13(15(17)18)9-10-14(16)19-11-12-7-4-3-5-8-12/h3-5,7-8,13H,2,6,9-11H2,1H3. The van der Waals surface area contributed by atoms with Gasteiger partial charge < -0.3 is 4.74 Å². The first-order valence-corrected chi connectivity index (χ1v) is 6.46. The third-order valence-electron chi connectivity index (χ3n) is 2.84. The predicted octanol–water partition coefficient (Wildman–Crippen LogP) is 2.96. The lowest BCUT2D eigenvalue weighted by atomic mass is 10.1. The van der Waals surface area contributed by atoms with E-state index in [0.29, 0.717) is 6.42 Å². The van der Waals surface area contributed by atoms with E-state index in [2.05, 4.69) is 0 Å². The molecule has 5 nitrogen and oxygen atoms in total. The van der Waals surface area contributed by atoms with Crippen LogP contribution in [0.4, 0.5) is 0 Å². The van der Waals surface area contributed by atoms with Crippen molar-refractivity contribution in [3.05, 3.63) is 46.0 Å². The SMILES string of the molecule is CCCC(CCC(=O)OCc1ccccc1)[N+](=O)[O-]. The van der Waals surface area contributed by atoms with Crippen molar-refractivity contribution in [1.82, 2.24) is 0 Å². The van der Waals surface area contributed by atoms with Crippen molar-refractivity contribution in [1.29, 1.82) is 0 Å². The van der Waals surface area contributed by atoms with Crippen molar-refractivity contribution in [2.24, 2.45) is 0 Å². The second kappa shape index (κ2) is 8.24. The maximum absolute atomic E-state index is 11.5. The van der Waals surface area contributed by atoms with E-state index in [1.165, 1.54) is 0 Å². The molecule has 0 bridgehead atoms. The molecule has 5 heteroatoms. The lowest BCUT2D eigenvalue weighted by Gasteiger charge is -2.08. The minimum Gasteiger partial charge on any atom is -0.461 e. The lowest BCUT2D eigenvalue weighted by molar-refractivity contribution is -0.524. The second-order valence-electron chi connectivity index (χ2n) is 4.41. The summed E-state index contributed by atoms with van der Waals surface area (Å²) in [6, 6.07) is 8.71. The van der Waals surface area contributed by atoms with Gasteiger partial charge in [-0.25, -0.2) is 0 Å². The van der Waals surface area contributed by atoms with Crippen LogP contribution in [0.5, 0.6) is 0 Å². The number of hydrogen-bond donors (Lipinski definition) is 0. The predicted molar refractivity (Wildman–Crippen MR) is 71.2 cm³/mol. The number of benzene rings is 1. The van der Waals surface area contributed by atoms with E-state index in [0.717, 1.165) is 12.0 Å². The van der Waals surface area contributed by atoms with Crippen molar-refractivity contribution >= 4 is 5.97 Å². The van der Waals surface area contributed by atoms with Gasteiger partial charge in [-0.05, 0) is 12.0 Å². The van der Waals surface area contributed by atoms with Crippen LogP contribution >= 0.6 is 0 Å². The summed E-state index contributed by atoms with van der Waals surface area (Å²) in [5.74, 6) is -0.383. The van der Waals surface area contributed by atoms with Crippen LogP contribution in [0.3, 0.4) is 0 Å². The Hall–Kier alpha value is -1.91. The zero-order valence-electron chi connectivity index (χ0n) is 11.1. The minimum absolute atomic E-state index is 0.0957. The normalized spacial score (nSPS) is 11.8. The van der Waals surface area contributed by atoms with Crippen LogP contribution in [-0.4, -0.2) is 16.9 Å². The average Bonchev–Trinajstić information content (AvgIpc) is 2.42. The van der Waals surface area contributed by atoms with Crippen LogP contribution in [0.1, 0.15) is 38.2 Å². The zero-order chi connectivity index (χ0) is 14.1. The van der Waals surface area contributed by atoms with Gasteiger partial charge in [0, 0.05) is 17.8 Å². The molecular formula is C14H19NO4. The lowest BCUT2D eigenvalue weighted by Crippen LogP contribution is -2.20. The average molecular weight is 265 g/mol. The highest BCUT2D eigenvalue weighted by atomic mass is 16.6. The van der Waals surface area contributed by atoms with E-state index in [9.17, 15) is 14.9 Å². The number of carbonyl (C=O) groups is 1. The van der Waals surface area contributed by atoms with Crippen LogP contribution < -0.4 is 0 Å². The Morgan fingerprint density at radius 2 is 2.00 bits per heavy atom. The Balaban J connectivity index is 2.29. The van der Waals surface area contributed by atoms with E-state index in [-0.39, 0.29) is 30.3 Å². The van der Waals surface area contributed by atoms with Gasteiger partial charge in [0.05, 0.1) is 6.42 Å². The fourth-order valence-corrected chi connectivity index (χ4v) is 1.78. The van der Waals surface area contributed by atoms with Crippen molar-refractivity contribution in [2.75, 3.05) is 0 Å². The summed E-state index contributed by atoms with van der Waals surface area (Å²) in [5.41, 5.74) is 0.912. The molecule has 0 aliphatic heterocycles. The molecule has 0 heterocycles. The summed E-state index contributed by atoms with van der Waals surface area (Å²) in [5, 5.41) is 10.7. The molecule has 1 aromatic carbocycles. The molecule has 0 saturated carbocycles. The fourth-order valence-electron chi connectivity index (χ4n) is 1.78. The smallest absolute Gasteiger partial charge is 0.306 e. The first kappa shape index (κ1) is 15.1. The monoisotopic (exact) mass is 265 g/mol. The largest absolute Gasteiger partial charge is 0.461 e. The Morgan fingerprint density at radius 3 is 2.58 bits per heavy atom. The Kier molecular flexibility index (Phi) is 6.57. The van der Waals surface area contributed by atoms with E-state index in [4.69, 9.17) is 4.74 Å². The van der Waals surface area contributed by atoms with Gasteiger partial charge in [-0.2, -0.15) is 0 Å². The fraction of sp³-hybridized carbons (Fsp3) is 0.500. The molecule has 0 fully saturated rings. The van der Waals surface area contributed by atoms with E-state index in [1.807, 2.05) is 37.3 Å². The summed E-state index contributed by atoms with van der Waals surface area (Å²) in [6.45, 7) is 2.11. The van der Waals surface area contributed by atoms with E-state index >= 15 is 0 Å². The number of nitrogens with zero attached hydrogens (tertiary/aromatic N) is 1. The first-order chi connectivity index (χ1) is 9.13. The summed E-state index contributed by atoms with van der Waals surface area (Å²) in [7, 11) is 0. The number of nitro groups is 1. The maximum atomic E-state index is 11.5. The molecule has 0 aliphatic carbocycles. The molecule has 0 spiro atoms. The van der Waals surface area contributed by atoms with Gasteiger partial charge in [0.15, 0.2) is 0 Å². The van der Waals surface area contributed by atoms with Gasteiger partial charge in [-0.15, -0.1) is 0 Å². The summed E-state index contributed by atoms with van der Waals surface area (Å²) < 4.78 is 5.07. The molecule has 104 valence electrons. The van der Waals surface area contributed by atoms with Gasteiger partial charge in [0.2, 0.25) is 6.04 Å².